The molecule has 4 rings (SSSR count). The Labute approximate surface area is 199 Å². The van der Waals surface area contributed by atoms with Crippen molar-refractivity contribution < 1.29 is 4.39 Å². The fraction of sp³-hybridized carbons (Fsp3) is 0.409. The normalized spacial score (nSPS) is 14.6. The van der Waals surface area contributed by atoms with Crippen molar-refractivity contribution in [1.82, 2.24) is 24.8 Å². The lowest BCUT2D eigenvalue weighted by Gasteiger charge is -2.37. The molecule has 1 aliphatic rings. The van der Waals surface area contributed by atoms with Crippen molar-refractivity contribution in [3.05, 3.63) is 60.3 Å². The van der Waals surface area contributed by atoms with Gasteiger partial charge in [0.25, 0.3) is 0 Å². The number of fused-ring (bicyclic) bond motifs is 1. The zero-order chi connectivity index (χ0) is 20.8. The van der Waals surface area contributed by atoms with E-state index in [1.807, 2.05) is 40.9 Å². The van der Waals surface area contributed by atoms with Crippen LogP contribution in [0, 0.1) is 5.82 Å². The number of nitrogens with zero attached hydrogens (tertiary/aromatic N) is 6. The molecule has 31 heavy (non-hydrogen) atoms. The van der Waals surface area contributed by atoms with Gasteiger partial charge in [0.2, 0.25) is 0 Å². The summed E-state index contributed by atoms with van der Waals surface area (Å²) in [7, 11) is 0. The van der Waals surface area contributed by atoms with E-state index in [0.29, 0.717) is 5.69 Å². The van der Waals surface area contributed by atoms with Crippen LogP contribution in [-0.4, -0.2) is 64.7 Å². The largest absolute Gasteiger partial charge is 0.366 e. The molecule has 1 aromatic carbocycles. The summed E-state index contributed by atoms with van der Waals surface area (Å²) in [5.41, 5.74) is 1.55. The first-order chi connectivity index (χ1) is 14.8. The van der Waals surface area contributed by atoms with Crippen LogP contribution in [0.25, 0.3) is 5.65 Å². The summed E-state index contributed by atoms with van der Waals surface area (Å²) in [4.78, 5) is 9.17. The topological polar surface area (TPSA) is 61.1 Å². The Hall–Kier alpha value is -2.43. The maximum absolute atomic E-state index is 14.1. The molecule has 0 radical (unpaired) electrons. The van der Waals surface area contributed by atoms with Crippen molar-refractivity contribution in [1.29, 1.82) is 0 Å². The average molecular weight is 537 g/mol. The van der Waals surface area contributed by atoms with Gasteiger partial charge in [-0.25, -0.2) is 4.39 Å². The standard InChI is InChI=1S/C22H28FN7.HI/c1-2-24-22(25-12-7-11-21-27-26-20-10-5-6-13-30(20)21)29-16-14-28(15-17-29)19-9-4-3-8-18(19)23;/h3-6,8-10,13H,2,7,11-12,14-17H2,1H3,(H,24,25);1H. The maximum Gasteiger partial charge on any atom is 0.194 e. The van der Waals surface area contributed by atoms with E-state index in [9.17, 15) is 4.39 Å². The van der Waals surface area contributed by atoms with Gasteiger partial charge in [-0.2, -0.15) is 0 Å². The smallest absolute Gasteiger partial charge is 0.194 e. The van der Waals surface area contributed by atoms with Gasteiger partial charge in [-0.15, -0.1) is 34.2 Å². The van der Waals surface area contributed by atoms with Gasteiger partial charge in [0.1, 0.15) is 11.6 Å². The molecule has 3 aromatic rings. The predicted octanol–water partition coefficient (Wildman–Crippen LogP) is 3.21. The van der Waals surface area contributed by atoms with Crippen LogP contribution >= 0.6 is 24.0 Å². The highest BCUT2D eigenvalue weighted by Crippen LogP contribution is 2.20. The Morgan fingerprint density at radius 1 is 1.06 bits per heavy atom. The van der Waals surface area contributed by atoms with Crippen LogP contribution in [0.5, 0.6) is 0 Å². The number of piperazine rings is 1. The van der Waals surface area contributed by atoms with Crippen LogP contribution in [0.1, 0.15) is 19.2 Å². The van der Waals surface area contributed by atoms with E-state index in [2.05, 4.69) is 32.2 Å². The molecule has 2 aromatic heterocycles. The third-order valence-corrected chi connectivity index (χ3v) is 5.31. The lowest BCUT2D eigenvalue weighted by Crippen LogP contribution is -2.52. The van der Waals surface area contributed by atoms with Gasteiger partial charge in [0, 0.05) is 51.9 Å². The Bertz CT molecular complexity index is 998. The second kappa shape index (κ2) is 11.3. The number of halogens is 2. The lowest BCUT2D eigenvalue weighted by atomic mass is 10.2. The monoisotopic (exact) mass is 537 g/mol. The van der Waals surface area contributed by atoms with Crippen LogP contribution in [0.2, 0.25) is 0 Å². The highest BCUT2D eigenvalue weighted by atomic mass is 127. The lowest BCUT2D eigenvalue weighted by molar-refractivity contribution is 0.370. The van der Waals surface area contributed by atoms with Crippen molar-refractivity contribution in [2.24, 2.45) is 4.99 Å². The van der Waals surface area contributed by atoms with Gasteiger partial charge in [0.15, 0.2) is 11.6 Å². The number of hydrogen-bond acceptors (Lipinski definition) is 4. The van der Waals surface area contributed by atoms with E-state index < -0.39 is 0 Å². The SMILES string of the molecule is CCNC(=NCCCc1nnc2ccccn12)N1CCN(c2ccccc2F)CC1.I. The molecule has 1 saturated heterocycles. The number of aryl methyl sites for hydroxylation is 1. The Kier molecular flexibility index (Phi) is 8.44. The number of rotatable bonds is 6. The van der Waals surface area contributed by atoms with E-state index >= 15 is 0 Å². The molecular formula is C22H29FIN7. The molecule has 9 heteroatoms. The van der Waals surface area contributed by atoms with Gasteiger partial charge in [-0.3, -0.25) is 9.39 Å². The summed E-state index contributed by atoms with van der Waals surface area (Å²) in [5.74, 6) is 1.73. The molecule has 0 atom stereocenters. The first kappa shape index (κ1) is 23.2. The quantitative estimate of drug-likeness (QED) is 0.227. The molecular weight excluding hydrogens is 508 g/mol. The first-order valence-electron chi connectivity index (χ1n) is 10.6. The van der Waals surface area contributed by atoms with Crippen LogP contribution in [0.15, 0.2) is 53.7 Å². The molecule has 0 spiro atoms. The van der Waals surface area contributed by atoms with E-state index in [0.717, 1.165) is 69.5 Å². The third kappa shape index (κ3) is 5.63. The average Bonchev–Trinajstić information content (AvgIpc) is 3.20. The van der Waals surface area contributed by atoms with Gasteiger partial charge in [-0.1, -0.05) is 18.2 Å². The minimum atomic E-state index is -0.160. The minimum absolute atomic E-state index is 0. The van der Waals surface area contributed by atoms with Gasteiger partial charge < -0.3 is 15.1 Å². The second-order valence-corrected chi connectivity index (χ2v) is 7.31. The summed E-state index contributed by atoms with van der Waals surface area (Å²) in [6.45, 7) is 6.80. The summed E-state index contributed by atoms with van der Waals surface area (Å²) in [6.07, 6.45) is 3.72. The molecule has 0 amide bonds. The number of nitrogens with one attached hydrogen (secondary N) is 1. The molecule has 3 heterocycles. The van der Waals surface area contributed by atoms with Gasteiger partial charge in [-0.05, 0) is 37.6 Å². The van der Waals surface area contributed by atoms with Crippen LogP contribution in [-0.2, 0) is 6.42 Å². The highest BCUT2D eigenvalue weighted by Gasteiger charge is 2.21. The van der Waals surface area contributed by atoms with Crippen molar-refractivity contribution >= 4 is 41.3 Å². The van der Waals surface area contributed by atoms with E-state index in [1.54, 1.807) is 6.07 Å². The highest BCUT2D eigenvalue weighted by molar-refractivity contribution is 14.0. The summed E-state index contributed by atoms with van der Waals surface area (Å²) >= 11 is 0. The molecule has 1 fully saturated rings. The van der Waals surface area contributed by atoms with Crippen molar-refractivity contribution in [2.75, 3.05) is 44.2 Å². The summed E-state index contributed by atoms with van der Waals surface area (Å²) < 4.78 is 16.1. The summed E-state index contributed by atoms with van der Waals surface area (Å²) in [6, 6.07) is 12.9. The third-order valence-electron chi connectivity index (χ3n) is 5.31. The van der Waals surface area contributed by atoms with Crippen molar-refractivity contribution in [3.63, 3.8) is 0 Å². The molecule has 1 N–H and O–H groups in total. The number of pyridine rings is 1. The van der Waals surface area contributed by atoms with Crippen LogP contribution < -0.4 is 10.2 Å². The van der Waals surface area contributed by atoms with Crippen LogP contribution in [0.3, 0.4) is 0 Å². The molecule has 0 aliphatic carbocycles. The zero-order valence-electron chi connectivity index (χ0n) is 17.7. The van der Waals surface area contributed by atoms with E-state index in [1.165, 1.54) is 6.07 Å². The van der Waals surface area contributed by atoms with E-state index in [4.69, 9.17) is 4.99 Å². The number of guanidine groups is 1. The zero-order valence-corrected chi connectivity index (χ0v) is 20.1. The molecule has 0 unspecified atom stereocenters. The predicted molar refractivity (Wildman–Crippen MR) is 133 cm³/mol. The number of anilines is 1. The number of aliphatic imine (C=N–C) groups is 1. The number of benzene rings is 1. The molecule has 7 nitrogen and oxygen atoms in total. The Morgan fingerprint density at radius 2 is 1.84 bits per heavy atom. The Balaban J connectivity index is 0.00000272. The molecule has 1 aliphatic heterocycles. The summed E-state index contributed by atoms with van der Waals surface area (Å²) in [5, 5.41) is 11.9. The van der Waals surface area contributed by atoms with Crippen molar-refractivity contribution in [3.8, 4) is 0 Å². The number of aromatic nitrogens is 3. The van der Waals surface area contributed by atoms with E-state index in [-0.39, 0.29) is 29.8 Å². The fourth-order valence-electron chi connectivity index (χ4n) is 3.78. The Morgan fingerprint density at radius 3 is 2.61 bits per heavy atom. The molecule has 166 valence electrons. The fourth-order valence-corrected chi connectivity index (χ4v) is 3.78. The molecule has 0 saturated carbocycles. The molecule has 0 bridgehead atoms. The second-order valence-electron chi connectivity index (χ2n) is 7.31. The maximum atomic E-state index is 14.1. The minimum Gasteiger partial charge on any atom is -0.366 e. The number of para-hydroxylation sites is 1. The van der Waals surface area contributed by atoms with Crippen LogP contribution in [0.4, 0.5) is 10.1 Å². The van der Waals surface area contributed by atoms with Crippen molar-refractivity contribution in [2.45, 2.75) is 19.8 Å². The van der Waals surface area contributed by atoms with Gasteiger partial charge in [0.05, 0.1) is 5.69 Å². The first-order valence-corrected chi connectivity index (χ1v) is 10.6. The van der Waals surface area contributed by atoms with Gasteiger partial charge >= 0.3 is 0 Å². The number of hydrogen-bond donors (Lipinski definition) is 1.